The van der Waals surface area contributed by atoms with Crippen molar-refractivity contribution in [1.29, 1.82) is 0 Å². The van der Waals surface area contributed by atoms with Gasteiger partial charge in [0.2, 0.25) is 0 Å². The fourth-order valence-corrected chi connectivity index (χ4v) is 9.07. The van der Waals surface area contributed by atoms with Crippen LogP contribution in [0.25, 0.3) is 81.9 Å². The Morgan fingerprint density at radius 3 is 1.80 bits per heavy atom. The van der Waals surface area contributed by atoms with E-state index in [0.29, 0.717) is 5.92 Å². The second-order valence-electron chi connectivity index (χ2n) is 13.7. The van der Waals surface area contributed by atoms with Crippen molar-refractivity contribution >= 4 is 81.9 Å². The maximum Gasteiger partial charge on any atom is 0.0641 e. The summed E-state index contributed by atoms with van der Waals surface area (Å²) in [6.07, 6.45) is 4.99. The Kier molecular flexibility index (Phi) is 5.46. The minimum atomic E-state index is 0.227. The van der Waals surface area contributed by atoms with Crippen LogP contribution in [0.3, 0.4) is 0 Å². The molecule has 0 fully saturated rings. The summed E-state index contributed by atoms with van der Waals surface area (Å²) in [6, 6.07) is 56.0. The summed E-state index contributed by atoms with van der Waals surface area (Å²) in [4.78, 5) is 0. The normalized spacial score (nSPS) is 16.9. The molecule has 0 bridgehead atoms. The van der Waals surface area contributed by atoms with E-state index < -0.39 is 0 Å². The SMILES string of the molecule is CC1C(c2ccccc2)=CC(n2c3ccccc3c3ccc4ccc5c6cccc7c8ccccc8n(c76)c5c4c32)=CC1c1ccccc1. The molecule has 0 saturated heterocycles. The Balaban J connectivity index is 1.34. The maximum absolute atomic E-state index is 2.57. The summed E-state index contributed by atoms with van der Waals surface area (Å²) in [5, 5.41) is 10.4. The number of allylic oxidation sites excluding steroid dienone is 4. The predicted octanol–water partition coefficient (Wildman–Crippen LogP) is 12.5. The van der Waals surface area contributed by atoms with Crippen LogP contribution in [-0.2, 0) is 0 Å². The van der Waals surface area contributed by atoms with Gasteiger partial charge in [-0.1, -0.05) is 153 Å². The standard InChI is InChI=1S/C47H32N2/c1-29-40(30-13-4-2-5-14-30)27-33(28-41(29)31-15-6-3-7-16-31)48-42-21-10-8-18-35(42)38-25-23-32-24-26-39-37-20-12-19-36-34-17-9-11-22-43(34)49(45(36)37)47(39)44(32)46(38)48/h2-29,40H,1H3. The lowest BCUT2D eigenvalue weighted by Gasteiger charge is -2.30. The van der Waals surface area contributed by atoms with E-state index in [2.05, 4.69) is 180 Å². The Morgan fingerprint density at radius 2 is 1.04 bits per heavy atom. The molecular formula is C47H32N2. The molecule has 2 nitrogen and oxygen atoms in total. The van der Waals surface area contributed by atoms with Gasteiger partial charge in [-0.15, -0.1) is 0 Å². The number of rotatable bonds is 3. The predicted molar refractivity (Wildman–Crippen MR) is 209 cm³/mol. The fraction of sp³-hybridized carbons (Fsp3) is 0.0638. The number of aromatic nitrogens is 2. The highest BCUT2D eigenvalue weighted by molar-refractivity contribution is 6.32. The van der Waals surface area contributed by atoms with Crippen molar-refractivity contribution in [3.05, 3.63) is 175 Å². The minimum Gasteiger partial charge on any atom is -0.309 e. The topological polar surface area (TPSA) is 9.34 Å². The summed E-state index contributed by atoms with van der Waals surface area (Å²) in [7, 11) is 0. The molecule has 0 saturated carbocycles. The average molecular weight is 625 g/mol. The molecule has 1 aliphatic rings. The number of fused-ring (bicyclic) bond motifs is 12. The minimum absolute atomic E-state index is 0.227. The number of benzene rings is 7. The van der Waals surface area contributed by atoms with Gasteiger partial charge in [0.25, 0.3) is 0 Å². The lowest BCUT2D eigenvalue weighted by molar-refractivity contribution is 0.653. The van der Waals surface area contributed by atoms with Crippen LogP contribution in [0.1, 0.15) is 24.0 Å². The van der Waals surface area contributed by atoms with E-state index in [-0.39, 0.29) is 5.92 Å². The van der Waals surface area contributed by atoms with E-state index in [1.807, 2.05) is 0 Å². The molecule has 0 amide bonds. The number of hydrogen-bond acceptors (Lipinski definition) is 0. The van der Waals surface area contributed by atoms with Gasteiger partial charge in [-0.25, -0.2) is 0 Å². The van der Waals surface area contributed by atoms with E-state index in [0.717, 1.165) is 0 Å². The summed E-state index contributed by atoms with van der Waals surface area (Å²) in [6.45, 7) is 2.39. The second-order valence-corrected chi connectivity index (χ2v) is 13.7. The molecule has 0 spiro atoms. The molecule has 3 heterocycles. The van der Waals surface area contributed by atoms with E-state index in [9.17, 15) is 0 Å². The van der Waals surface area contributed by atoms with Crippen LogP contribution in [0.4, 0.5) is 0 Å². The Labute approximate surface area is 283 Å². The van der Waals surface area contributed by atoms with Crippen molar-refractivity contribution in [3.8, 4) is 0 Å². The second kappa shape index (κ2) is 9.95. The summed E-state index contributed by atoms with van der Waals surface area (Å²) < 4.78 is 5.12. The third kappa shape index (κ3) is 3.61. The van der Waals surface area contributed by atoms with Gasteiger partial charge < -0.3 is 8.97 Å². The van der Waals surface area contributed by atoms with Crippen LogP contribution in [0.2, 0.25) is 0 Å². The largest absolute Gasteiger partial charge is 0.309 e. The molecule has 2 unspecified atom stereocenters. The Bertz CT molecular complexity index is 2990. The lowest BCUT2D eigenvalue weighted by atomic mass is 9.76. The van der Waals surface area contributed by atoms with E-state index in [1.165, 1.54) is 93.1 Å². The summed E-state index contributed by atoms with van der Waals surface area (Å²) in [5.74, 6) is 0.544. The number of nitrogens with zero attached hydrogens (tertiary/aromatic N) is 2. The van der Waals surface area contributed by atoms with Crippen molar-refractivity contribution < 1.29 is 0 Å². The first-order valence-corrected chi connectivity index (χ1v) is 17.3. The van der Waals surface area contributed by atoms with Gasteiger partial charge in [0, 0.05) is 49.3 Å². The zero-order valence-electron chi connectivity index (χ0n) is 27.1. The van der Waals surface area contributed by atoms with Crippen LogP contribution in [0.5, 0.6) is 0 Å². The van der Waals surface area contributed by atoms with Crippen LogP contribution < -0.4 is 0 Å². The number of hydrogen-bond donors (Lipinski definition) is 0. The van der Waals surface area contributed by atoms with Crippen LogP contribution in [-0.4, -0.2) is 8.97 Å². The molecule has 3 aromatic heterocycles. The molecule has 2 heteroatoms. The Hall–Kier alpha value is -6.12. The maximum atomic E-state index is 2.57. The summed E-state index contributed by atoms with van der Waals surface area (Å²) in [5.41, 5.74) is 11.6. The zero-order chi connectivity index (χ0) is 32.2. The van der Waals surface area contributed by atoms with Gasteiger partial charge in [-0.2, -0.15) is 0 Å². The van der Waals surface area contributed by atoms with Crippen molar-refractivity contribution in [2.24, 2.45) is 5.92 Å². The Morgan fingerprint density at radius 1 is 0.469 bits per heavy atom. The van der Waals surface area contributed by atoms with Crippen LogP contribution in [0.15, 0.2) is 164 Å². The molecule has 2 atom stereocenters. The monoisotopic (exact) mass is 624 g/mol. The molecular weight excluding hydrogens is 593 g/mol. The average Bonchev–Trinajstić information content (AvgIpc) is 3.81. The quantitative estimate of drug-likeness (QED) is 0.185. The van der Waals surface area contributed by atoms with Crippen LogP contribution in [0, 0.1) is 5.92 Å². The van der Waals surface area contributed by atoms with Gasteiger partial charge in [0.1, 0.15) is 0 Å². The third-order valence-electron chi connectivity index (χ3n) is 11.2. The third-order valence-corrected chi connectivity index (χ3v) is 11.2. The summed E-state index contributed by atoms with van der Waals surface area (Å²) >= 11 is 0. The van der Waals surface area contributed by atoms with Gasteiger partial charge in [0.15, 0.2) is 0 Å². The van der Waals surface area contributed by atoms with Gasteiger partial charge in [-0.05, 0) is 46.2 Å². The molecule has 10 aromatic rings. The molecule has 11 rings (SSSR count). The molecule has 1 aliphatic carbocycles. The van der Waals surface area contributed by atoms with E-state index in [4.69, 9.17) is 0 Å². The highest BCUT2D eigenvalue weighted by Gasteiger charge is 2.29. The first kappa shape index (κ1) is 26.9. The first-order valence-electron chi connectivity index (χ1n) is 17.3. The highest BCUT2D eigenvalue weighted by atomic mass is 15.0. The smallest absolute Gasteiger partial charge is 0.0641 e. The van der Waals surface area contributed by atoms with E-state index in [1.54, 1.807) is 0 Å². The molecule has 7 aromatic carbocycles. The zero-order valence-corrected chi connectivity index (χ0v) is 27.1. The van der Waals surface area contributed by atoms with Crippen molar-refractivity contribution in [2.75, 3.05) is 0 Å². The first-order chi connectivity index (χ1) is 24.3. The van der Waals surface area contributed by atoms with Crippen molar-refractivity contribution in [1.82, 2.24) is 8.97 Å². The van der Waals surface area contributed by atoms with E-state index >= 15 is 0 Å². The molecule has 49 heavy (non-hydrogen) atoms. The lowest BCUT2D eigenvalue weighted by Crippen LogP contribution is -2.16. The van der Waals surface area contributed by atoms with Gasteiger partial charge in [-0.3, -0.25) is 0 Å². The van der Waals surface area contributed by atoms with Gasteiger partial charge in [0.05, 0.1) is 27.6 Å². The fourth-order valence-electron chi connectivity index (χ4n) is 9.07. The molecule has 230 valence electrons. The van der Waals surface area contributed by atoms with Crippen LogP contribution >= 0.6 is 0 Å². The van der Waals surface area contributed by atoms with Gasteiger partial charge >= 0.3 is 0 Å². The molecule has 0 aliphatic heterocycles. The van der Waals surface area contributed by atoms with Crippen molar-refractivity contribution in [2.45, 2.75) is 12.8 Å². The number of para-hydroxylation sites is 3. The molecule has 0 N–H and O–H groups in total. The molecule has 0 radical (unpaired) electrons. The highest BCUT2D eigenvalue weighted by Crippen LogP contribution is 2.48. The van der Waals surface area contributed by atoms with Crippen molar-refractivity contribution in [3.63, 3.8) is 0 Å².